The van der Waals surface area contributed by atoms with Gasteiger partial charge in [0.05, 0.1) is 12.8 Å². The van der Waals surface area contributed by atoms with Gasteiger partial charge in [-0.05, 0) is 18.2 Å². The number of benzene rings is 2. The minimum atomic E-state index is -0.240. The lowest BCUT2D eigenvalue weighted by Crippen LogP contribution is -2.11. The summed E-state index contributed by atoms with van der Waals surface area (Å²) in [6, 6.07) is 14.3. The van der Waals surface area contributed by atoms with Crippen LogP contribution in [0.1, 0.15) is 23.0 Å². The van der Waals surface area contributed by atoms with E-state index in [2.05, 4.69) is 10.3 Å². The molecule has 5 nitrogen and oxygen atoms in total. The van der Waals surface area contributed by atoms with Crippen molar-refractivity contribution >= 4 is 28.3 Å². The van der Waals surface area contributed by atoms with Crippen LogP contribution in [0.4, 0.5) is 5.69 Å². The van der Waals surface area contributed by atoms with Crippen molar-refractivity contribution in [2.24, 2.45) is 0 Å². The molecule has 3 rings (SSSR count). The number of amides is 1. The van der Waals surface area contributed by atoms with Gasteiger partial charge in [-0.1, -0.05) is 30.3 Å². The van der Waals surface area contributed by atoms with Gasteiger partial charge >= 0.3 is 0 Å². The molecule has 3 aromatic rings. The summed E-state index contributed by atoms with van der Waals surface area (Å²) in [4.78, 5) is 27.4. The van der Waals surface area contributed by atoms with Crippen LogP contribution in [0.5, 0.6) is 5.75 Å². The van der Waals surface area contributed by atoms with Crippen molar-refractivity contribution in [1.82, 2.24) is 4.98 Å². The fourth-order valence-corrected chi connectivity index (χ4v) is 2.51. The van der Waals surface area contributed by atoms with Gasteiger partial charge in [0, 0.05) is 23.4 Å². The molecule has 0 atom stereocenters. The lowest BCUT2D eigenvalue weighted by molar-refractivity contribution is -0.114. The number of anilines is 1. The molecule has 5 heteroatoms. The molecule has 0 unspecified atom stereocenters. The van der Waals surface area contributed by atoms with Gasteiger partial charge < -0.3 is 15.0 Å². The van der Waals surface area contributed by atoms with Crippen molar-refractivity contribution in [3.8, 4) is 5.75 Å². The summed E-state index contributed by atoms with van der Waals surface area (Å²) in [5, 5.41) is 3.49. The number of hydrogen-bond donors (Lipinski definition) is 2. The van der Waals surface area contributed by atoms with E-state index in [1.807, 2.05) is 12.1 Å². The standard InChI is InChI=1S/C18H16N2O3/c1-11(21)19-16-14-10-13(23-2)8-9-15(14)20-17(16)18(22)12-6-4-3-5-7-12/h3-10,20H,1-2H3,(H,19,21). The number of ketones is 1. The molecule has 0 aliphatic rings. The van der Waals surface area contributed by atoms with Crippen molar-refractivity contribution in [3.05, 3.63) is 59.8 Å². The Morgan fingerprint density at radius 3 is 2.48 bits per heavy atom. The molecule has 0 radical (unpaired) electrons. The SMILES string of the molecule is COc1ccc2[nH]c(C(=O)c3ccccc3)c(NC(C)=O)c2c1. The Kier molecular flexibility index (Phi) is 3.85. The maximum absolute atomic E-state index is 12.8. The highest BCUT2D eigenvalue weighted by atomic mass is 16.5. The van der Waals surface area contributed by atoms with Gasteiger partial charge in [0.1, 0.15) is 11.4 Å². The van der Waals surface area contributed by atoms with Crippen LogP contribution in [-0.2, 0) is 4.79 Å². The average Bonchev–Trinajstić information content (AvgIpc) is 2.92. The molecular formula is C18H16N2O3. The quantitative estimate of drug-likeness (QED) is 0.726. The summed E-state index contributed by atoms with van der Waals surface area (Å²) in [6.45, 7) is 1.41. The highest BCUT2D eigenvalue weighted by Gasteiger charge is 2.20. The second-order valence-electron chi connectivity index (χ2n) is 5.16. The van der Waals surface area contributed by atoms with Crippen molar-refractivity contribution < 1.29 is 14.3 Å². The molecule has 0 fully saturated rings. The number of fused-ring (bicyclic) bond motifs is 1. The van der Waals surface area contributed by atoms with E-state index in [0.29, 0.717) is 22.7 Å². The molecule has 0 bridgehead atoms. The van der Waals surface area contributed by atoms with Crippen LogP contribution in [0.25, 0.3) is 10.9 Å². The summed E-state index contributed by atoms with van der Waals surface area (Å²) in [5.41, 5.74) is 2.14. The second kappa shape index (κ2) is 5.96. The highest BCUT2D eigenvalue weighted by molar-refractivity contribution is 6.18. The number of rotatable bonds is 4. The monoisotopic (exact) mass is 308 g/mol. The molecule has 2 N–H and O–H groups in total. The van der Waals surface area contributed by atoms with E-state index in [1.54, 1.807) is 43.5 Å². The average molecular weight is 308 g/mol. The van der Waals surface area contributed by atoms with Crippen LogP contribution in [0.15, 0.2) is 48.5 Å². The zero-order valence-electron chi connectivity index (χ0n) is 12.8. The summed E-state index contributed by atoms with van der Waals surface area (Å²) in [7, 11) is 1.57. The Hall–Kier alpha value is -3.08. The van der Waals surface area contributed by atoms with Crippen LogP contribution in [-0.4, -0.2) is 23.8 Å². The fraction of sp³-hybridized carbons (Fsp3) is 0.111. The van der Waals surface area contributed by atoms with Gasteiger partial charge in [0.25, 0.3) is 0 Å². The summed E-state index contributed by atoms with van der Waals surface area (Å²) < 4.78 is 5.23. The van der Waals surface area contributed by atoms with Crippen molar-refractivity contribution in [3.63, 3.8) is 0 Å². The van der Waals surface area contributed by atoms with E-state index >= 15 is 0 Å². The number of methoxy groups -OCH3 is 1. The first-order valence-corrected chi connectivity index (χ1v) is 7.17. The molecule has 2 aromatic carbocycles. The number of ether oxygens (including phenoxy) is 1. The zero-order chi connectivity index (χ0) is 16.4. The molecule has 0 aliphatic heterocycles. The Morgan fingerprint density at radius 2 is 1.83 bits per heavy atom. The molecule has 1 amide bonds. The first kappa shape index (κ1) is 14.8. The molecule has 23 heavy (non-hydrogen) atoms. The molecule has 0 spiro atoms. The lowest BCUT2D eigenvalue weighted by atomic mass is 10.1. The van der Waals surface area contributed by atoms with Crippen molar-refractivity contribution in [1.29, 1.82) is 0 Å². The fourth-order valence-electron chi connectivity index (χ4n) is 2.51. The molecule has 0 saturated heterocycles. The third-order valence-corrected chi connectivity index (χ3v) is 3.57. The van der Waals surface area contributed by atoms with E-state index in [9.17, 15) is 9.59 Å². The van der Waals surface area contributed by atoms with Gasteiger partial charge in [0.2, 0.25) is 11.7 Å². The van der Waals surface area contributed by atoms with Crippen molar-refractivity contribution in [2.45, 2.75) is 6.92 Å². The number of carbonyl (C=O) groups excluding carboxylic acids is 2. The number of hydrogen-bond acceptors (Lipinski definition) is 3. The molecule has 1 aromatic heterocycles. The van der Waals surface area contributed by atoms with Gasteiger partial charge in [-0.25, -0.2) is 0 Å². The van der Waals surface area contributed by atoms with Crippen LogP contribution in [0, 0.1) is 0 Å². The Bertz CT molecular complexity index is 882. The lowest BCUT2D eigenvalue weighted by Gasteiger charge is -2.05. The van der Waals surface area contributed by atoms with E-state index in [-0.39, 0.29) is 11.7 Å². The van der Waals surface area contributed by atoms with Gasteiger partial charge in [-0.2, -0.15) is 0 Å². The normalized spacial score (nSPS) is 10.5. The summed E-state index contributed by atoms with van der Waals surface area (Å²) >= 11 is 0. The predicted octanol–water partition coefficient (Wildman–Crippen LogP) is 3.37. The van der Waals surface area contributed by atoms with Gasteiger partial charge in [-0.3, -0.25) is 9.59 Å². The van der Waals surface area contributed by atoms with E-state index in [0.717, 1.165) is 10.9 Å². The number of nitrogens with one attached hydrogen (secondary N) is 2. The van der Waals surface area contributed by atoms with Crippen LogP contribution >= 0.6 is 0 Å². The van der Waals surface area contributed by atoms with E-state index < -0.39 is 0 Å². The first-order valence-electron chi connectivity index (χ1n) is 7.17. The maximum atomic E-state index is 12.8. The van der Waals surface area contributed by atoms with Crippen LogP contribution in [0.2, 0.25) is 0 Å². The smallest absolute Gasteiger partial charge is 0.221 e. The molecule has 1 heterocycles. The summed E-state index contributed by atoms with van der Waals surface area (Å²) in [6.07, 6.45) is 0. The third kappa shape index (κ3) is 2.81. The Morgan fingerprint density at radius 1 is 1.09 bits per heavy atom. The zero-order valence-corrected chi connectivity index (χ0v) is 12.8. The number of aromatic nitrogens is 1. The third-order valence-electron chi connectivity index (χ3n) is 3.57. The molecule has 0 aliphatic carbocycles. The minimum Gasteiger partial charge on any atom is -0.497 e. The first-order chi connectivity index (χ1) is 11.1. The predicted molar refractivity (Wildman–Crippen MR) is 89.0 cm³/mol. The Labute approximate surface area is 133 Å². The Balaban J connectivity index is 2.19. The molecular weight excluding hydrogens is 292 g/mol. The highest BCUT2D eigenvalue weighted by Crippen LogP contribution is 2.32. The van der Waals surface area contributed by atoms with Crippen LogP contribution < -0.4 is 10.1 Å². The largest absolute Gasteiger partial charge is 0.497 e. The van der Waals surface area contributed by atoms with E-state index in [1.165, 1.54) is 6.92 Å². The number of H-pyrrole nitrogens is 1. The van der Waals surface area contributed by atoms with Crippen LogP contribution in [0.3, 0.4) is 0 Å². The molecule has 0 saturated carbocycles. The molecule has 116 valence electrons. The number of carbonyl (C=O) groups is 2. The van der Waals surface area contributed by atoms with Crippen molar-refractivity contribution in [2.75, 3.05) is 12.4 Å². The topological polar surface area (TPSA) is 71.2 Å². The maximum Gasteiger partial charge on any atom is 0.221 e. The van der Waals surface area contributed by atoms with Gasteiger partial charge in [0.15, 0.2) is 0 Å². The summed E-state index contributed by atoms with van der Waals surface area (Å²) in [5.74, 6) is 0.238. The number of aromatic amines is 1. The second-order valence-corrected chi connectivity index (χ2v) is 5.16. The van der Waals surface area contributed by atoms with E-state index in [4.69, 9.17) is 4.74 Å². The van der Waals surface area contributed by atoms with Gasteiger partial charge in [-0.15, -0.1) is 0 Å². The minimum absolute atomic E-state index is 0.176.